The number of methoxy groups -OCH3 is 1. The molecule has 26 heavy (non-hydrogen) atoms. The van der Waals surface area contributed by atoms with E-state index >= 15 is 0 Å². The summed E-state index contributed by atoms with van der Waals surface area (Å²) in [5.41, 5.74) is 5.14. The van der Waals surface area contributed by atoms with Crippen molar-refractivity contribution in [2.24, 2.45) is 16.9 Å². The number of hydrogen-bond donors (Lipinski definition) is 1. The third-order valence-electron chi connectivity index (χ3n) is 5.88. The van der Waals surface area contributed by atoms with Crippen molar-refractivity contribution in [3.8, 4) is 5.75 Å². The predicted octanol–water partition coefficient (Wildman–Crippen LogP) is 4.87. The number of nitrogens with one attached hydrogen (secondary N) is 1. The summed E-state index contributed by atoms with van der Waals surface area (Å²) in [6, 6.07) is 7.65. The molecule has 3 rings (SSSR count). The predicted molar refractivity (Wildman–Crippen MR) is 105 cm³/mol. The molecule has 4 heteroatoms. The SMILES string of the molecule is COc1ccc(CC(=O)NN=C(C2CCCCC2)C2CCCCC2)cc1. The van der Waals surface area contributed by atoms with Crippen LogP contribution >= 0.6 is 0 Å². The summed E-state index contributed by atoms with van der Waals surface area (Å²) in [5.74, 6) is 1.93. The first-order valence-corrected chi connectivity index (χ1v) is 10.3. The monoisotopic (exact) mass is 356 g/mol. The Balaban J connectivity index is 1.62. The molecule has 2 saturated carbocycles. The van der Waals surface area contributed by atoms with Gasteiger partial charge in [0.05, 0.1) is 13.5 Å². The number of nitrogens with zero attached hydrogens (tertiary/aromatic N) is 1. The van der Waals surface area contributed by atoms with E-state index in [4.69, 9.17) is 9.84 Å². The van der Waals surface area contributed by atoms with E-state index in [1.165, 1.54) is 69.9 Å². The molecule has 0 saturated heterocycles. The Hall–Kier alpha value is -1.84. The molecule has 0 aromatic heterocycles. The minimum Gasteiger partial charge on any atom is -0.497 e. The zero-order valence-electron chi connectivity index (χ0n) is 16.0. The number of rotatable bonds is 6. The van der Waals surface area contributed by atoms with Crippen molar-refractivity contribution < 1.29 is 9.53 Å². The lowest BCUT2D eigenvalue weighted by molar-refractivity contribution is -0.120. The summed E-state index contributed by atoms with van der Waals surface area (Å²) in [6.07, 6.45) is 13.2. The Morgan fingerprint density at radius 2 is 1.50 bits per heavy atom. The van der Waals surface area contributed by atoms with Crippen LogP contribution in [0.15, 0.2) is 29.4 Å². The van der Waals surface area contributed by atoms with Gasteiger partial charge in [-0.05, 0) is 55.2 Å². The van der Waals surface area contributed by atoms with E-state index in [2.05, 4.69) is 5.43 Å². The minimum atomic E-state index is -0.0284. The maximum atomic E-state index is 12.4. The van der Waals surface area contributed by atoms with E-state index in [0.717, 1.165) is 11.3 Å². The molecule has 1 aromatic rings. The third kappa shape index (κ3) is 5.33. The van der Waals surface area contributed by atoms with Crippen LogP contribution in [0, 0.1) is 11.8 Å². The molecular weight excluding hydrogens is 324 g/mol. The van der Waals surface area contributed by atoms with Gasteiger partial charge in [-0.15, -0.1) is 0 Å². The van der Waals surface area contributed by atoms with Gasteiger partial charge >= 0.3 is 0 Å². The molecule has 0 bridgehead atoms. The lowest BCUT2D eigenvalue weighted by Gasteiger charge is -2.30. The Labute approximate surface area is 157 Å². The van der Waals surface area contributed by atoms with Gasteiger partial charge in [0, 0.05) is 5.71 Å². The Kier molecular flexibility index (Phi) is 7.10. The van der Waals surface area contributed by atoms with Crippen LogP contribution in [0.25, 0.3) is 0 Å². The van der Waals surface area contributed by atoms with E-state index in [1.54, 1.807) is 7.11 Å². The highest BCUT2D eigenvalue weighted by atomic mass is 16.5. The Morgan fingerprint density at radius 3 is 2.00 bits per heavy atom. The number of hydrazone groups is 1. The highest BCUT2D eigenvalue weighted by molar-refractivity contribution is 5.90. The number of amides is 1. The highest BCUT2D eigenvalue weighted by Gasteiger charge is 2.27. The molecule has 0 spiro atoms. The third-order valence-corrected chi connectivity index (χ3v) is 5.88. The quantitative estimate of drug-likeness (QED) is 0.584. The molecule has 0 unspecified atom stereocenters. The average molecular weight is 357 g/mol. The average Bonchev–Trinajstić information content (AvgIpc) is 2.70. The highest BCUT2D eigenvalue weighted by Crippen LogP contribution is 2.33. The lowest BCUT2D eigenvalue weighted by atomic mass is 9.76. The fourth-order valence-electron chi connectivity index (χ4n) is 4.41. The first-order chi connectivity index (χ1) is 12.8. The molecule has 2 aliphatic carbocycles. The van der Waals surface area contributed by atoms with Crippen molar-refractivity contribution in [1.29, 1.82) is 0 Å². The van der Waals surface area contributed by atoms with Crippen molar-refractivity contribution in [3.63, 3.8) is 0 Å². The van der Waals surface area contributed by atoms with E-state index < -0.39 is 0 Å². The van der Waals surface area contributed by atoms with Crippen molar-refractivity contribution >= 4 is 11.6 Å². The number of hydrogen-bond acceptors (Lipinski definition) is 3. The molecule has 4 nitrogen and oxygen atoms in total. The molecule has 0 radical (unpaired) electrons. The number of ether oxygens (including phenoxy) is 1. The molecule has 0 heterocycles. The molecular formula is C22H32N2O2. The van der Waals surface area contributed by atoms with Crippen molar-refractivity contribution in [1.82, 2.24) is 5.43 Å². The maximum Gasteiger partial charge on any atom is 0.244 e. The van der Waals surface area contributed by atoms with Crippen LogP contribution in [0.2, 0.25) is 0 Å². The summed E-state index contributed by atoms with van der Waals surface area (Å²) in [4.78, 5) is 12.4. The lowest BCUT2D eigenvalue weighted by Crippen LogP contribution is -2.31. The smallest absolute Gasteiger partial charge is 0.244 e. The minimum absolute atomic E-state index is 0.0284. The van der Waals surface area contributed by atoms with Crippen LogP contribution in [0.4, 0.5) is 0 Å². The van der Waals surface area contributed by atoms with Crippen molar-refractivity contribution in [2.45, 2.75) is 70.6 Å². The molecule has 1 N–H and O–H groups in total. The summed E-state index contributed by atoms with van der Waals surface area (Å²) < 4.78 is 5.17. The molecule has 1 aromatic carbocycles. The molecule has 1 amide bonds. The largest absolute Gasteiger partial charge is 0.497 e. The summed E-state index contributed by atoms with van der Waals surface area (Å²) in [7, 11) is 1.65. The van der Waals surface area contributed by atoms with E-state index in [1.807, 2.05) is 24.3 Å². The standard InChI is InChI=1S/C22H32N2O2/c1-26-20-14-12-17(13-15-20)16-21(25)23-24-22(18-8-4-2-5-9-18)19-10-6-3-7-11-19/h12-15,18-19H,2-11,16H2,1H3,(H,23,25). The zero-order valence-corrected chi connectivity index (χ0v) is 16.0. The molecule has 2 aliphatic rings. The van der Waals surface area contributed by atoms with Crippen LogP contribution in [0.3, 0.4) is 0 Å². The topological polar surface area (TPSA) is 50.7 Å². The number of carbonyl (C=O) groups excluding carboxylic acids is 1. The van der Waals surface area contributed by atoms with Crippen molar-refractivity contribution in [3.05, 3.63) is 29.8 Å². The van der Waals surface area contributed by atoms with E-state index in [9.17, 15) is 4.79 Å². The second-order valence-corrected chi connectivity index (χ2v) is 7.77. The Bertz CT molecular complexity index is 577. The van der Waals surface area contributed by atoms with Gasteiger partial charge in [0.1, 0.15) is 5.75 Å². The van der Waals surface area contributed by atoms with Crippen LogP contribution < -0.4 is 10.2 Å². The van der Waals surface area contributed by atoms with Gasteiger partial charge in [-0.3, -0.25) is 4.79 Å². The number of carbonyl (C=O) groups is 1. The molecule has 142 valence electrons. The van der Waals surface area contributed by atoms with Gasteiger partial charge in [0.15, 0.2) is 0 Å². The molecule has 2 fully saturated rings. The first kappa shape index (κ1) is 18.9. The zero-order chi connectivity index (χ0) is 18.2. The second-order valence-electron chi connectivity index (χ2n) is 7.77. The summed E-state index contributed by atoms with van der Waals surface area (Å²) in [5, 5.41) is 4.69. The van der Waals surface area contributed by atoms with Gasteiger partial charge in [-0.25, -0.2) is 5.43 Å². The molecule has 0 aliphatic heterocycles. The first-order valence-electron chi connectivity index (χ1n) is 10.3. The van der Waals surface area contributed by atoms with Crippen molar-refractivity contribution in [2.75, 3.05) is 7.11 Å². The van der Waals surface area contributed by atoms with Gasteiger partial charge in [-0.2, -0.15) is 5.10 Å². The Morgan fingerprint density at radius 1 is 0.962 bits per heavy atom. The van der Waals surface area contributed by atoms with Crippen LogP contribution in [-0.4, -0.2) is 18.7 Å². The van der Waals surface area contributed by atoms with Gasteiger partial charge < -0.3 is 4.74 Å². The fraction of sp³-hybridized carbons (Fsp3) is 0.636. The normalized spacial score (nSPS) is 19.0. The fourth-order valence-corrected chi connectivity index (χ4v) is 4.41. The van der Waals surface area contributed by atoms with Gasteiger partial charge in [0.2, 0.25) is 5.91 Å². The van der Waals surface area contributed by atoms with E-state index in [-0.39, 0.29) is 5.91 Å². The molecule has 0 atom stereocenters. The second kappa shape index (κ2) is 9.75. The van der Waals surface area contributed by atoms with Gasteiger partial charge in [-0.1, -0.05) is 50.7 Å². The van der Waals surface area contributed by atoms with Gasteiger partial charge in [0.25, 0.3) is 0 Å². The summed E-state index contributed by atoms with van der Waals surface area (Å²) >= 11 is 0. The van der Waals surface area contributed by atoms with Crippen LogP contribution in [0.5, 0.6) is 5.75 Å². The summed E-state index contributed by atoms with van der Waals surface area (Å²) in [6.45, 7) is 0. The number of benzene rings is 1. The maximum absolute atomic E-state index is 12.4. The van der Waals surface area contributed by atoms with Crippen LogP contribution in [0.1, 0.15) is 69.8 Å². The van der Waals surface area contributed by atoms with E-state index in [0.29, 0.717) is 18.3 Å². The van der Waals surface area contributed by atoms with Crippen LogP contribution in [-0.2, 0) is 11.2 Å².